The number of aromatic amines is 2. The Bertz CT molecular complexity index is 929. The summed E-state index contributed by atoms with van der Waals surface area (Å²) < 4.78 is 0. The summed E-state index contributed by atoms with van der Waals surface area (Å²) in [6, 6.07) is 14.8. The first-order valence-corrected chi connectivity index (χ1v) is 7.66. The molecule has 8 nitrogen and oxygen atoms in total. The minimum atomic E-state index is -0.465. The molecule has 0 aliphatic rings. The van der Waals surface area contributed by atoms with E-state index in [0.717, 1.165) is 22.1 Å². The molecule has 0 saturated carbocycles. The van der Waals surface area contributed by atoms with Crippen molar-refractivity contribution in [2.45, 2.75) is 6.42 Å². The molecule has 0 saturated heterocycles. The zero-order valence-electron chi connectivity index (χ0n) is 13.0. The van der Waals surface area contributed by atoms with Gasteiger partial charge in [-0.05, 0) is 24.3 Å². The highest BCUT2D eigenvalue weighted by molar-refractivity contribution is 6.07. The summed E-state index contributed by atoms with van der Waals surface area (Å²) in [5, 5.41) is 5.16. The van der Waals surface area contributed by atoms with Crippen molar-refractivity contribution < 1.29 is 9.59 Å². The zero-order chi connectivity index (χ0) is 17.2. The fourth-order valence-electron chi connectivity index (χ4n) is 2.52. The number of amides is 2. The van der Waals surface area contributed by atoms with Crippen LogP contribution in [0.1, 0.15) is 6.42 Å². The van der Waals surface area contributed by atoms with Crippen LogP contribution in [0.5, 0.6) is 0 Å². The normalized spacial score (nSPS) is 10.9. The third-order valence-corrected chi connectivity index (χ3v) is 3.62. The minimum Gasteiger partial charge on any atom is -0.324 e. The molecule has 2 aromatic carbocycles. The first kappa shape index (κ1) is 14.9. The Morgan fingerprint density at radius 3 is 1.64 bits per heavy atom. The standard InChI is InChI=1S/C17H14N6O2/c24-14(22-16-18-10-5-1-2-6-11(10)19-16)9-15(25)23-17-20-12-7-3-4-8-13(12)21-17/h1-8H,9H2,(H2,18,19,22,24)(H2,20,21,23,25). The van der Waals surface area contributed by atoms with E-state index in [1.165, 1.54) is 0 Å². The van der Waals surface area contributed by atoms with Gasteiger partial charge in [0, 0.05) is 0 Å². The molecule has 0 spiro atoms. The lowest BCUT2D eigenvalue weighted by Gasteiger charge is -2.02. The van der Waals surface area contributed by atoms with Crippen LogP contribution in [0.2, 0.25) is 0 Å². The monoisotopic (exact) mass is 334 g/mol. The quantitative estimate of drug-likeness (QED) is 0.429. The summed E-state index contributed by atoms with van der Waals surface area (Å²) >= 11 is 0. The molecule has 0 aliphatic carbocycles. The van der Waals surface area contributed by atoms with Crippen molar-refractivity contribution in [3.63, 3.8) is 0 Å². The number of carbonyl (C=O) groups excluding carboxylic acids is 2. The van der Waals surface area contributed by atoms with E-state index in [0.29, 0.717) is 11.9 Å². The molecule has 4 N–H and O–H groups in total. The fourth-order valence-corrected chi connectivity index (χ4v) is 2.52. The molecule has 2 aromatic heterocycles. The summed E-state index contributed by atoms with van der Waals surface area (Å²) in [4.78, 5) is 38.4. The van der Waals surface area contributed by atoms with Crippen molar-refractivity contribution in [2.24, 2.45) is 0 Å². The van der Waals surface area contributed by atoms with Crippen LogP contribution in [0, 0.1) is 0 Å². The predicted octanol–water partition coefficient (Wildman–Crippen LogP) is 2.41. The molecule has 2 amide bonds. The predicted molar refractivity (Wildman–Crippen MR) is 94.1 cm³/mol. The van der Waals surface area contributed by atoms with Crippen LogP contribution in [0.3, 0.4) is 0 Å². The third-order valence-electron chi connectivity index (χ3n) is 3.62. The van der Waals surface area contributed by atoms with Crippen LogP contribution in [0.25, 0.3) is 22.1 Å². The number of fused-ring (bicyclic) bond motifs is 2. The van der Waals surface area contributed by atoms with Crippen molar-refractivity contribution in [1.82, 2.24) is 19.9 Å². The Labute approximate surface area is 141 Å². The van der Waals surface area contributed by atoms with Crippen molar-refractivity contribution in [3.05, 3.63) is 48.5 Å². The van der Waals surface area contributed by atoms with E-state index in [1.807, 2.05) is 48.5 Å². The van der Waals surface area contributed by atoms with Crippen LogP contribution in [0.4, 0.5) is 11.9 Å². The second-order valence-corrected chi connectivity index (χ2v) is 5.48. The van der Waals surface area contributed by atoms with Crippen molar-refractivity contribution in [3.8, 4) is 0 Å². The van der Waals surface area contributed by atoms with Gasteiger partial charge in [-0.2, -0.15) is 0 Å². The van der Waals surface area contributed by atoms with Crippen molar-refractivity contribution in [1.29, 1.82) is 0 Å². The highest BCUT2D eigenvalue weighted by atomic mass is 16.2. The molecule has 0 atom stereocenters. The SMILES string of the molecule is O=C(CC(=O)Nc1nc2ccccc2[nH]1)Nc1nc2ccccc2[nH]1. The first-order valence-electron chi connectivity index (χ1n) is 7.66. The number of nitrogens with one attached hydrogen (secondary N) is 4. The smallest absolute Gasteiger partial charge is 0.236 e. The van der Waals surface area contributed by atoms with Crippen LogP contribution in [-0.2, 0) is 9.59 Å². The maximum Gasteiger partial charge on any atom is 0.236 e. The number of aromatic nitrogens is 4. The fraction of sp³-hybridized carbons (Fsp3) is 0.0588. The number of hydrogen-bond donors (Lipinski definition) is 4. The van der Waals surface area contributed by atoms with Gasteiger partial charge in [-0.25, -0.2) is 9.97 Å². The number of hydrogen-bond acceptors (Lipinski definition) is 4. The lowest BCUT2D eigenvalue weighted by Crippen LogP contribution is -2.22. The number of benzene rings is 2. The topological polar surface area (TPSA) is 116 Å². The summed E-state index contributed by atoms with van der Waals surface area (Å²) in [6.45, 7) is 0. The van der Waals surface area contributed by atoms with E-state index in [-0.39, 0.29) is 6.42 Å². The summed E-state index contributed by atoms with van der Waals surface area (Å²) in [7, 11) is 0. The third kappa shape index (κ3) is 3.18. The molecule has 0 aliphatic heterocycles. The van der Waals surface area contributed by atoms with E-state index < -0.39 is 11.8 Å². The Hall–Kier alpha value is -3.68. The van der Waals surface area contributed by atoms with Gasteiger partial charge in [-0.3, -0.25) is 20.2 Å². The lowest BCUT2D eigenvalue weighted by atomic mass is 10.3. The molecule has 0 unspecified atom stereocenters. The average molecular weight is 334 g/mol. The highest BCUT2D eigenvalue weighted by Crippen LogP contribution is 2.14. The minimum absolute atomic E-state index is 0.308. The van der Waals surface area contributed by atoms with Gasteiger partial charge in [0.1, 0.15) is 6.42 Å². The molecule has 25 heavy (non-hydrogen) atoms. The van der Waals surface area contributed by atoms with E-state index >= 15 is 0 Å². The number of rotatable bonds is 4. The maximum atomic E-state index is 12.0. The van der Waals surface area contributed by atoms with Gasteiger partial charge in [0.15, 0.2) is 0 Å². The molecule has 0 radical (unpaired) electrons. The number of para-hydroxylation sites is 4. The van der Waals surface area contributed by atoms with Gasteiger partial charge in [0.2, 0.25) is 23.7 Å². The molecule has 8 heteroatoms. The Morgan fingerprint density at radius 2 is 1.20 bits per heavy atom. The number of H-pyrrole nitrogens is 2. The second-order valence-electron chi connectivity index (χ2n) is 5.48. The molecular weight excluding hydrogens is 320 g/mol. The van der Waals surface area contributed by atoms with Gasteiger partial charge in [-0.1, -0.05) is 24.3 Å². The van der Waals surface area contributed by atoms with Crippen LogP contribution < -0.4 is 10.6 Å². The average Bonchev–Trinajstić information content (AvgIpc) is 3.16. The summed E-state index contributed by atoms with van der Waals surface area (Å²) in [5.41, 5.74) is 3.10. The first-order chi connectivity index (χ1) is 12.2. The van der Waals surface area contributed by atoms with Gasteiger partial charge in [-0.15, -0.1) is 0 Å². The Morgan fingerprint density at radius 1 is 0.760 bits per heavy atom. The molecule has 0 bridgehead atoms. The molecule has 4 aromatic rings. The highest BCUT2D eigenvalue weighted by Gasteiger charge is 2.13. The molecule has 124 valence electrons. The summed E-state index contributed by atoms with van der Waals surface area (Å²) in [5.74, 6) is -0.314. The van der Waals surface area contributed by atoms with E-state index in [4.69, 9.17) is 0 Å². The lowest BCUT2D eigenvalue weighted by molar-refractivity contribution is -0.123. The van der Waals surface area contributed by atoms with Crippen LogP contribution >= 0.6 is 0 Å². The van der Waals surface area contributed by atoms with Gasteiger partial charge >= 0.3 is 0 Å². The molecular formula is C17H14N6O2. The second kappa shape index (κ2) is 6.08. The zero-order valence-corrected chi connectivity index (χ0v) is 13.0. The van der Waals surface area contributed by atoms with Crippen molar-refractivity contribution in [2.75, 3.05) is 10.6 Å². The number of carbonyl (C=O) groups is 2. The maximum absolute atomic E-state index is 12.0. The molecule has 4 rings (SSSR count). The Balaban J connectivity index is 1.39. The number of imidazole rings is 2. The largest absolute Gasteiger partial charge is 0.324 e. The van der Waals surface area contributed by atoms with Gasteiger partial charge < -0.3 is 9.97 Å². The van der Waals surface area contributed by atoms with E-state index in [2.05, 4.69) is 30.6 Å². The number of nitrogens with zero attached hydrogens (tertiary/aromatic N) is 2. The van der Waals surface area contributed by atoms with Gasteiger partial charge in [0.05, 0.1) is 22.1 Å². The Kier molecular flexibility index (Phi) is 3.62. The van der Waals surface area contributed by atoms with Crippen molar-refractivity contribution >= 4 is 45.8 Å². The molecule has 2 heterocycles. The van der Waals surface area contributed by atoms with E-state index in [9.17, 15) is 9.59 Å². The van der Waals surface area contributed by atoms with Gasteiger partial charge in [0.25, 0.3) is 0 Å². The summed E-state index contributed by atoms with van der Waals surface area (Å²) in [6.07, 6.45) is -0.339. The van der Waals surface area contributed by atoms with Crippen LogP contribution in [0.15, 0.2) is 48.5 Å². The van der Waals surface area contributed by atoms with Crippen LogP contribution in [-0.4, -0.2) is 31.8 Å². The number of anilines is 2. The van der Waals surface area contributed by atoms with E-state index in [1.54, 1.807) is 0 Å². The molecule has 0 fully saturated rings.